The van der Waals surface area contributed by atoms with Crippen LogP contribution in [0.4, 0.5) is 0 Å². The van der Waals surface area contributed by atoms with Gasteiger partial charge in [-0.2, -0.15) is 0 Å². The van der Waals surface area contributed by atoms with Gasteiger partial charge < -0.3 is 4.98 Å². The lowest BCUT2D eigenvalue weighted by molar-refractivity contribution is 0.688. The lowest BCUT2D eigenvalue weighted by atomic mass is 9.95. The van der Waals surface area contributed by atoms with Crippen molar-refractivity contribution in [3.05, 3.63) is 72.1 Å². The Morgan fingerprint density at radius 3 is 2.65 bits per heavy atom. The highest BCUT2D eigenvalue weighted by molar-refractivity contribution is 6.19. The number of nitrogens with zero attached hydrogens (tertiary/aromatic N) is 2. The van der Waals surface area contributed by atoms with Crippen LogP contribution < -0.4 is 0 Å². The summed E-state index contributed by atoms with van der Waals surface area (Å²) in [5.41, 5.74) is 5.20. The Kier molecular flexibility index (Phi) is 2.83. The van der Waals surface area contributed by atoms with Crippen LogP contribution in [0.5, 0.6) is 0 Å². The van der Waals surface area contributed by atoms with Crippen LogP contribution in [0.2, 0.25) is 0 Å². The average molecular weight is 337 g/mol. The minimum Gasteiger partial charge on any atom is -0.347 e. The average Bonchev–Trinajstić information content (AvgIpc) is 3.26. The third-order valence-electron chi connectivity index (χ3n) is 5.81. The molecule has 2 aromatic carbocycles. The zero-order valence-corrected chi connectivity index (χ0v) is 14.5. The summed E-state index contributed by atoms with van der Waals surface area (Å²) in [6.45, 7) is 0. The van der Waals surface area contributed by atoms with Gasteiger partial charge in [-0.05, 0) is 48.3 Å². The predicted molar refractivity (Wildman–Crippen MR) is 107 cm³/mol. The number of benzene rings is 2. The number of aryl methyl sites for hydroxylation is 1. The molecule has 3 aromatic heterocycles. The molecule has 0 unspecified atom stereocenters. The third kappa shape index (κ3) is 1.80. The zero-order chi connectivity index (χ0) is 17.1. The summed E-state index contributed by atoms with van der Waals surface area (Å²) in [6.07, 6.45) is 9.09. The number of aromatic amines is 1. The first-order valence-corrected chi connectivity index (χ1v) is 9.38. The smallest absolute Gasteiger partial charge is 0.147 e. The van der Waals surface area contributed by atoms with Crippen LogP contribution in [-0.2, 0) is 12.8 Å². The van der Waals surface area contributed by atoms with Gasteiger partial charge in [-0.1, -0.05) is 42.5 Å². The molecule has 0 bridgehead atoms. The van der Waals surface area contributed by atoms with Gasteiger partial charge in [-0.3, -0.25) is 4.57 Å². The molecular formula is C23H19N3. The number of pyridine rings is 1. The molecule has 0 atom stereocenters. The van der Waals surface area contributed by atoms with Gasteiger partial charge in [0.25, 0.3) is 0 Å². The first kappa shape index (κ1) is 14.1. The van der Waals surface area contributed by atoms with Crippen molar-refractivity contribution in [2.45, 2.75) is 25.7 Å². The molecule has 26 heavy (non-hydrogen) atoms. The van der Waals surface area contributed by atoms with E-state index in [1.165, 1.54) is 63.3 Å². The van der Waals surface area contributed by atoms with E-state index in [0.29, 0.717) is 0 Å². The highest BCUT2D eigenvalue weighted by Crippen LogP contribution is 2.37. The molecule has 0 saturated carbocycles. The van der Waals surface area contributed by atoms with Crippen LogP contribution in [-0.4, -0.2) is 14.5 Å². The minimum absolute atomic E-state index is 1.04. The minimum atomic E-state index is 1.04. The summed E-state index contributed by atoms with van der Waals surface area (Å²) in [5.74, 6) is 1.20. The van der Waals surface area contributed by atoms with Gasteiger partial charge in [-0.25, -0.2) is 4.98 Å². The SMILES string of the molecule is c1ccc2c(c1)cnc1c2c2ccccc2n1-c1[nH]cc2c1CCCC2. The number of H-pyrrole nitrogens is 1. The third-order valence-corrected chi connectivity index (χ3v) is 5.81. The van der Waals surface area contributed by atoms with Gasteiger partial charge in [-0.15, -0.1) is 0 Å². The van der Waals surface area contributed by atoms with Crippen LogP contribution in [0.25, 0.3) is 38.5 Å². The maximum atomic E-state index is 4.89. The van der Waals surface area contributed by atoms with Crippen molar-refractivity contribution in [1.82, 2.24) is 14.5 Å². The van der Waals surface area contributed by atoms with Gasteiger partial charge in [0.1, 0.15) is 11.5 Å². The van der Waals surface area contributed by atoms with E-state index in [9.17, 15) is 0 Å². The molecule has 5 aromatic rings. The Morgan fingerprint density at radius 2 is 1.69 bits per heavy atom. The molecular weight excluding hydrogens is 318 g/mol. The fourth-order valence-electron chi connectivity index (χ4n) is 4.61. The normalized spacial score (nSPS) is 14.3. The second-order valence-electron chi connectivity index (χ2n) is 7.24. The maximum absolute atomic E-state index is 4.89. The van der Waals surface area contributed by atoms with Gasteiger partial charge in [0.15, 0.2) is 0 Å². The highest BCUT2D eigenvalue weighted by Gasteiger charge is 2.21. The second-order valence-corrected chi connectivity index (χ2v) is 7.24. The summed E-state index contributed by atoms with van der Waals surface area (Å²) in [5, 5.41) is 4.98. The van der Waals surface area contributed by atoms with Crippen molar-refractivity contribution < 1.29 is 0 Å². The summed E-state index contributed by atoms with van der Waals surface area (Å²) < 4.78 is 2.33. The molecule has 1 N–H and O–H groups in total. The van der Waals surface area contributed by atoms with E-state index in [0.717, 1.165) is 12.1 Å². The van der Waals surface area contributed by atoms with Crippen molar-refractivity contribution in [1.29, 1.82) is 0 Å². The van der Waals surface area contributed by atoms with Gasteiger partial charge in [0, 0.05) is 28.6 Å². The largest absolute Gasteiger partial charge is 0.347 e. The molecule has 3 nitrogen and oxygen atoms in total. The Morgan fingerprint density at radius 1 is 0.885 bits per heavy atom. The Balaban J connectivity index is 1.81. The molecule has 0 fully saturated rings. The lowest BCUT2D eigenvalue weighted by Crippen LogP contribution is -2.04. The highest BCUT2D eigenvalue weighted by atomic mass is 15.1. The van der Waals surface area contributed by atoms with Crippen LogP contribution >= 0.6 is 0 Å². The Labute approximate surface area is 151 Å². The fraction of sp³-hybridized carbons (Fsp3) is 0.174. The summed E-state index contributed by atoms with van der Waals surface area (Å²) in [7, 11) is 0. The number of rotatable bonds is 1. The first-order valence-electron chi connectivity index (χ1n) is 9.38. The maximum Gasteiger partial charge on any atom is 0.147 e. The fourth-order valence-corrected chi connectivity index (χ4v) is 4.61. The number of hydrogen-bond donors (Lipinski definition) is 1. The van der Waals surface area contributed by atoms with Crippen LogP contribution in [0, 0.1) is 0 Å². The molecule has 0 aliphatic heterocycles. The van der Waals surface area contributed by atoms with E-state index in [1.54, 1.807) is 0 Å². The van der Waals surface area contributed by atoms with E-state index >= 15 is 0 Å². The van der Waals surface area contributed by atoms with Crippen molar-refractivity contribution in [2.24, 2.45) is 0 Å². The molecule has 1 aliphatic rings. The molecule has 6 rings (SSSR count). The number of nitrogens with one attached hydrogen (secondary N) is 1. The molecule has 0 radical (unpaired) electrons. The van der Waals surface area contributed by atoms with Crippen molar-refractivity contribution in [2.75, 3.05) is 0 Å². The number of fused-ring (bicyclic) bond motifs is 6. The molecule has 3 heteroatoms. The summed E-state index contributed by atoms with van der Waals surface area (Å²) in [4.78, 5) is 8.47. The second kappa shape index (κ2) is 5.21. The predicted octanol–water partition coefficient (Wildman–Crippen LogP) is 5.54. The Hall–Kier alpha value is -3.07. The summed E-state index contributed by atoms with van der Waals surface area (Å²) in [6, 6.07) is 17.2. The molecule has 0 saturated heterocycles. The van der Waals surface area contributed by atoms with Crippen molar-refractivity contribution in [3.8, 4) is 5.82 Å². The van der Waals surface area contributed by atoms with E-state index in [-0.39, 0.29) is 0 Å². The number of para-hydroxylation sites is 1. The lowest BCUT2D eigenvalue weighted by Gasteiger charge is -2.14. The summed E-state index contributed by atoms with van der Waals surface area (Å²) >= 11 is 0. The number of aromatic nitrogens is 3. The van der Waals surface area contributed by atoms with Crippen molar-refractivity contribution in [3.63, 3.8) is 0 Å². The molecule has 0 amide bonds. The Bertz CT molecular complexity index is 1290. The monoisotopic (exact) mass is 337 g/mol. The number of hydrogen-bond acceptors (Lipinski definition) is 1. The first-order chi connectivity index (χ1) is 12.9. The van der Waals surface area contributed by atoms with Gasteiger partial charge in [0.05, 0.1) is 5.52 Å². The molecule has 0 spiro atoms. The standard InChI is InChI=1S/C23H19N3/c1-3-9-17-15(7-1)13-25-23-21(17)19-11-5-6-12-20(19)26(23)22-18-10-4-2-8-16(18)14-24-22/h1,3,5-7,9,11-14,24H,2,4,8,10H2. The van der Waals surface area contributed by atoms with E-state index in [1.807, 2.05) is 6.20 Å². The van der Waals surface area contributed by atoms with E-state index < -0.39 is 0 Å². The van der Waals surface area contributed by atoms with Crippen molar-refractivity contribution >= 4 is 32.7 Å². The van der Waals surface area contributed by atoms with Crippen LogP contribution in [0.3, 0.4) is 0 Å². The quantitative estimate of drug-likeness (QED) is 0.428. The van der Waals surface area contributed by atoms with Crippen LogP contribution in [0.1, 0.15) is 24.0 Å². The molecule has 126 valence electrons. The van der Waals surface area contributed by atoms with Gasteiger partial charge >= 0.3 is 0 Å². The van der Waals surface area contributed by atoms with E-state index in [2.05, 4.69) is 64.3 Å². The van der Waals surface area contributed by atoms with Gasteiger partial charge in [0.2, 0.25) is 0 Å². The molecule has 3 heterocycles. The topological polar surface area (TPSA) is 33.6 Å². The van der Waals surface area contributed by atoms with E-state index in [4.69, 9.17) is 4.98 Å². The zero-order valence-electron chi connectivity index (χ0n) is 14.5. The van der Waals surface area contributed by atoms with Crippen LogP contribution in [0.15, 0.2) is 60.9 Å². The molecule has 1 aliphatic carbocycles.